The minimum absolute atomic E-state index is 0.589. The second-order valence-corrected chi connectivity index (χ2v) is 6.18. The van der Waals surface area contributed by atoms with Gasteiger partial charge in [0.05, 0.1) is 24.5 Å². The van der Waals surface area contributed by atoms with Crippen LogP contribution in [0.4, 0.5) is 11.6 Å². The highest BCUT2D eigenvalue weighted by molar-refractivity contribution is 5.61. The normalized spacial score (nSPS) is 10.4. The molecule has 0 aliphatic heterocycles. The van der Waals surface area contributed by atoms with Crippen molar-refractivity contribution in [2.75, 3.05) is 10.6 Å². The summed E-state index contributed by atoms with van der Waals surface area (Å²) in [4.78, 5) is 18.0. The van der Waals surface area contributed by atoms with Crippen molar-refractivity contribution in [3.63, 3.8) is 0 Å². The molecular weight excluding hydrogens is 348 g/mol. The molecule has 0 radical (unpaired) electrons. The van der Waals surface area contributed by atoms with Gasteiger partial charge in [0.25, 0.3) is 0 Å². The maximum absolute atomic E-state index is 4.67. The number of aromatic nitrogens is 4. The summed E-state index contributed by atoms with van der Waals surface area (Å²) in [7, 11) is 0. The third kappa shape index (κ3) is 4.67. The zero-order valence-electron chi connectivity index (χ0n) is 15.3. The van der Waals surface area contributed by atoms with Crippen LogP contribution in [0, 0.1) is 0 Å². The average Bonchev–Trinajstić information content (AvgIpc) is 2.78. The molecule has 0 unspecified atom stereocenters. The first-order valence-electron chi connectivity index (χ1n) is 9.09. The maximum Gasteiger partial charge on any atom is 0.163 e. The summed E-state index contributed by atoms with van der Waals surface area (Å²) >= 11 is 0. The monoisotopic (exact) mass is 368 g/mol. The molecule has 0 bridgehead atoms. The summed E-state index contributed by atoms with van der Waals surface area (Å²) in [5.74, 6) is 2.14. The van der Waals surface area contributed by atoms with Gasteiger partial charge < -0.3 is 10.6 Å². The largest absolute Gasteiger partial charge is 0.364 e. The first kappa shape index (κ1) is 17.6. The second kappa shape index (κ2) is 8.73. The maximum atomic E-state index is 4.67. The van der Waals surface area contributed by atoms with Gasteiger partial charge in [-0.05, 0) is 24.3 Å². The Hall–Kier alpha value is -3.80. The van der Waals surface area contributed by atoms with Gasteiger partial charge in [-0.15, -0.1) is 0 Å². The Kier molecular flexibility index (Phi) is 5.49. The molecule has 2 N–H and O–H groups in total. The van der Waals surface area contributed by atoms with Crippen molar-refractivity contribution >= 4 is 11.6 Å². The number of hydrogen-bond donors (Lipinski definition) is 2. The minimum atomic E-state index is 0.589. The molecule has 4 aromatic rings. The molecule has 0 aliphatic rings. The van der Waals surface area contributed by atoms with E-state index < -0.39 is 0 Å². The number of hydrogen-bond acceptors (Lipinski definition) is 6. The van der Waals surface area contributed by atoms with Crippen LogP contribution in [0.15, 0.2) is 85.2 Å². The van der Waals surface area contributed by atoms with Gasteiger partial charge in [-0.1, -0.05) is 42.5 Å². The molecule has 0 spiro atoms. The van der Waals surface area contributed by atoms with E-state index in [1.807, 2.05) is 72.8 Å². The topological polar surface area (TPSA) is 75.6 Å². The lowest BCUT2D eigenvalue weighted by molar-refractivity contribution is 1.00. The molecule has 4 rings (SSSR count). The lowest BCUT2D eigenvalue weighted by Crippen LogP contribution is -2.08. The summed E-state index contributed by atoms with van der Waals surface area (Å²) in [6.45, 7) is 1.18. The predicted molar refractivity (Wildman–Crippen MR) is 111 cm³/mol. The fraction of sp³-hybridized carbons (Fsp3) is 0.0909. The Morgan fingerprint density at radius 2 is 1.14 bits per heavy atom. The van der Waals surface area contributed by atoms with E-state index in [1.54, 1.807) is 12.4 Å². The Morgan fingerprint density at radius 3 is 1.64 bits per heavy atom. The molecule has 3 aromatic heterocycles. The molecular formula is C22H20N6. The highest BCUT2D eigenvalue weighted by atomic mass is 15.1. The molecule has 0 saturated carbocycles. The molecule has 0 saturated heterocycles. The number of rotatable bonds is 7. The van der Waals surface area contributed by atoms with E-state index in [2.05, 4.69) is 30.6 Å². The van der Waals surface area contributed by atoms with E-state index in [9.17, 15) is 0 Å². The lowest BCUT2D eigenvalue weighted by atomic mass is 10.2. The van der Waals surface area contributed by atoms with Crippen molar-refractivity contribution in [3.05, 3.63) is 96.6 Å². The second-order valence-electron chi connectivity index (χ2n) is 6.18. The molecule has 0 fully saturated rings. The Morgan fingerprint density at radius 1 is 0.607 bits per heavy atom. The smallest absolute Gasteiger partial charge is 0.163 e. The molecule has 0 amide bonds. The summed E-state index contributed by atoms with van der Waals surface area (Å²) < 4.78 is 0. The Balaban J connectivity index is 1.57. The van der Waals surface area contributed by atoms with Gasteiger partial charge in [-0.3, -0.25) is 9.97 Å². The zero-order valence-corrected chi connectivity index (χ0v) is 15.3. The number of nitrogens with one attached hydrogen (secondary N) is 2. The zero-order chi connectivity index (χ0) is 19.0. The molecule has 0 atom stereocenters. The minimum Gasteiger partial charge on any atom is -0.364 e. The van der Waals surface area contributed by atoms with Crippen molar-refractivity contribution in [3.8, 4) is 11.4 Å². The Bertz CT molecular complexity index is 945. The van der Waals surface area contributed by atoms with Gasteiger partial charge in [0.15, 0.2) is 5.82 Å². The molecule has 28 heavy (non-hydrogen) atoms. The van der Waals surface area contributed by atoms with Crippen LogP contribution in [0.2, 0.25) is 0 Å². The molecule has 6 heteroatoms. The third-order valence-corrected chi connectivity index (χ3v) is 4.11. The molecule has 3 heterocycles. The van der Waals surface area contributed by atoms with Crippen molar-refractivity contribution < 1.29 is 0 Å². The van der Waals surface area contributed by atoms with Crippen LogP contribution in [0.1, 0.15) is 11.4 Å². The van der Waals surface area contributed by atoms with E-state index in [0.717, 1.165) is 28.6 Å². The number of nitrogens with zero attached hydrogens (tertiary/aromatic N) is 4. The first-order valence-corrected chi connectivity index (χ1v) is 9.09. The fourth-order valence-corrected chi connectivity index (χ4v) is 2.71. The van der Waals surface area contributed by atoms with E-state index in [-0.39, 0.29) is 0 Å². The molecule has 1 aromatic carbocycles. The van der Waals surface area contributed by atoms with Crippen LogP contribution in [0.5, 0.6) is 0 Å². The highest BCUT2D eigenvalue weighted by Gasteiger charge is 2.07. The van der Waals surface area contributed by atoms with Crippen LogP contribution in [0.3, 0.4) is 0 Å². The van der Waals surface area contributed by atoms with E-state index in [4.69, 9.17) is 0 Å². The summed E-state index contributed by atoms with van der Waals surface area (Å²) in [5, 5.41) is 6.68. The van der Waals surface area contributed by atoms with Crippen LogP contribution in [0.25, 0.3) is 11.4 Å². The van der Waals surface area contributed by atoms with Gasteiger partial charge in [-0.2, -0.15) is 0 Å². The van der Waals surface area contributed by atoms with E-state index in [0.29, 0.717) is 18.9 Å². The standard InChI is InChI=1S/C22H20N6/c1-2-8-17(9-3-1)22-27-20(25-15-18-10-4-6-12-23-18)14-21(28-22)26-16-19-11-5-7-13-24-19/h1-14H,15-16H2,(H2,25,26,27,28). The van der Waals surface area contributed by atoms with Crippen LogP contribution >= 0.6 is 0 Å². The number of anilines is 2. The van der Waals surface area contributed by atoms with Crippen molar-refractivity contribution in [2.24, 2.45) is 0 Å². The van der Waals surface area contributed by atoms with Gasteiger partial charge in [0, 0.05) is 24.0 Å². The first-order chi connectivity index (χ1) is 13.9. The van der Waals surface area contributed by atoms with E-state index >= 15 is 0 Å². The van der Waals surface area contributed by atoms with Crippen molar-refractivity contribution in [2.45, 2.75) is 13.1 Å². The molecule has 138 valence electrons. The summed E-state index contributed by atoms with van der Waals surface area (Å²) in [5.41, 5.74) is 2.86. The van der Waals surface area contributed by atoms with Crippen molar-refractivity contribution in [1.82, 2.24) is 19.9 Å². The number of benzene rings is 1. The molecule has 6 nitrogen and oxygen atoms in total. The van der Waals surface area contributed by atoms with Gasteiger partial charge in [0.2, 0.25) is 0 Å². The predicted octanol–water partition coefficient (Wildman–Crippen LogP) is 4.16. The van der Waals surface area contributed by atoms with Crippen molar-refractivity contribution in [1.29, 1.82) is 0 Å². The average molecular weight is 368 g/mol. The molecule has 0 aliphatic carbocycles. The quantitative estimate of drug-likeness (QED) is 0.510. The van der Waals surface area contributed by atoms with Gasteiger partial charge >= 0.3 is 0 Å². The SMILES string of the molecule is c1ccc(-c2nc(NCc3ccccn3)cc(NCc3ccccn3)n2)cc1. The van der Waals surface area contributed by atoms with Crippen LogP contribution in [-0.2, 0) is 13.1 Å². The van der Waals surface area contributed by atoms with E-state index in [1.165, 1.54) is 0 Å². The number of pyridine rings is 2. The lowest BCUT2D eigenvalue weighted by Gasteiger charge is -2.11. The Labute approximate surface area is 163 Å². The van der Waals surface area contributed by atoms with Crippen LogP contribution in [-0.4, -0.2) is 19.9 Å². The van der Waals surface area contributed by atoms with Crippen LogP contribution < -0.4 is 10.6 Å². The van der Waals surface area contributed by atoms with Gasteiger partial charge in [-0.25, -0.2) is 9.97 Å². The highest BCUT2D eigenvalue weighted by Crippen LogP contribution is 2.20. The fourth-order valence-electron chi connectivity index (χ4n) is 2.71. The summed E-state index contributed by atoms with van der Waals surface area (Å²) in [6.07, 6.45) is 3.57. The summed E-state index contributed by atoms with van der Waals surface area (Å²) in [6, 6.07) is 23.5. The van der Waals surface area contributed by atoms with Gasteiger partial charge in [0.1, 0.15) is 11.6 Å². The third-order valence-electron chi connectivity index (χ3n) is 4.11.